The monoisotopic (exact) mass is 318 g/mol. The number of carbonyl (C=O) groups is 2. The predicted molar refractivity (Wildman–Crippen MR) is 80.8 cm³/mol. The average molecular weight is 318 g/mol. The van der Waals surface area contributed by atoms with E-state index in [1.165, 1.54) is 22.4 Å². The lowest BCUT2D eigenvalue weighted by atomic mass is 10.2. The van der Waals surface area contributed by atoms with Crippen LogP contribution in [0.15, 0.2) is 36.5 Å². The molecule has 0 radical (unpaired) electrons. The average Bonchev–Trinajstić information content (AvgIpc) is 3.05. The van der Waals surface area contributed by atoms with Gasteiger partial charge in [-0.1, -0.05) is 30.3 Å². The largest absolute Gasteiger partial charge is 0.480 e. The Morgan fingerprint density at radius 1 is 1.32 bits per heavy atom. The van der Waals surface area contributed by atoms with Gasteiger partial charge in [0.2, 0.25) is 0 Å². The van der Waals surface area contributed by atoms with Gasteiger partial charge in [0.05, 0.1) is 19.4 Å². The van der Waals surface area contributed by atoms with Crippen molar-refractivity contribution < 1.29 is 19.4 Å². The lowest BCUT2D eigenvalue weighted by Gasteiger charge is -2.32. The molecule has 1 aromatic carbocycles. The minimum Gasteiger partial charge on any atom is -0.480 e. The number of morpholine rings is 1. The maximum absolute atomic E-state index is 12.5. The molecule has 7 heteroatoms. The number of carbonyl (C=O) groups excluding carboxylic acids is 1. The Kier molecular flexibility index (Phi) is 4.17. The minimum absolute atomic E-state index is 0.0193. The molecular formula is C15H14N2O4S. The van der Waals surface area contributed by atoms with E-state index in [0.717, 1.165) is 10.6 Å². The normalized spacial score (nSPS) is 18.2. The highest BCUT2D eigenvalue weighted by Gasteiger charge is 2.34. The summed E-state index contributed by atoms with van der Waals surface area (Å²) in [4.78, 5) is 29.8. The highest BCUT2D eigenvalue weighted by Crippen LogP contribution is 2.26. The van der Waals surface area contributed by atoms with Crippen LogP contribution in [0.25, 0.3) is 10.6 Å². The molecule has 1 N–H and O–H groups in total. The quantitative estimate of drug-likeness (QED) is 0.932. The van der Waals surface area contributed by atoms with Gasteiger partial charge in [0.25, 0.3) is 5.91 Å². The molecule has 1 amide bonds. The smallest absolute Gasteiger partial charge is 0.328 e. The Morgan fingerprint density at radius 2 is 2.09 bits per heavy atom. The maximum atomic E-state index is 12.5. The molecule has 0 aliphatic carbocycles. The second-order valence-electron chi connectivity index (χ2n) is 4.82. The lowest BCUT2D eigenvalue weighted by molar-refractivity contribution is -0.147. The molecule has 2 heterocycles. The van der Waals surface area contributed by atoms with Gasteiger partial charge in [0, 0.05) is 12.1 Å². The molecular weight excluding hydrogens is 304 g/mol. The number of carboxylic acids is 1. The van der Waals surface area contributed by atoms with Gasteiger partial charge >= 0.3 is 5.97 Å². The SMILES string of the molecule is O=C(O)[C@@H]1COCCN1C(=O)c1cnc(-c2ccccc2)s1. The van der Waals surface area contributed by atoms with E-state index in [-0.39, 0.29) is 19.1 Å². The number of amides is 1. The van der Waals surface area contributed by atoms with E-state index in [9.17, 15) is 14.7 Å². The van der Waals surface area contributed by atoms with Crippen LogP contribution >= 0.6 is 11.3 Å². The van der Waals surface area contributed by atoms with Crippen LogP contribution < -0.4 is 0 Å². The van der Waals surface area contributed by atoms with Crippen molar-refractivity contribution in [3.05, 3.63) is 41.4 Å². The summed E-state index contributed by atoms with van der Waals surface area (Å²) in [5.41, 5.74) is 0.934. The fourth-order valence-electron chi connectivity index (χ4n) is 2.28. The molecule has 114 valence electrons. The maximum Gasteiger partial charge on any atom is 0.328 e. The number of ether oxygens (including phenoxy) is 1. The van der Waals surface area contributed by atoms with Gasteiger partial charge in [-0.25, -0.2) is 9.78 Å². The molecule has 1 atom stereocenters. The summed E-state index contributed by atoms with van der Waals surface area (Å²) in [5, 5.41) is 9.94. The van der Waals surface area contributed by atoms with E-state index in [0.29, 0.717) is 11.5 Å². The Labute approximate surface area is 131 Å². The number of aromatic nitrogens is 1. The fraction of sp³-hybridized carbons (Fsp3) is 0.267. The van der Waals surface area contributed by atoms with Crippen LogP contribution in [0.5, 0.6) is 0 Å². The number of nitrogens with zero attached hydrogens (tertiary/aromatic N) is 2. The number of rotatable bonds is 3. The zero-order valence-electron chi connectivity index (χ0n) is 11.6. The summed E-state index contributed by atoms with van der Waals surface area (Å²) in [5.74, 6) is -1.36. The van der Waals surface area contributed by atoms with Gasteiger partial charge in [-0.3, -0.25) is 4.79 Å². The van der Waals surface area contributed by atoms with E-state index >= 15 is 0 Å². The molecule has 6 nitrogen and oxygen atoms in total. The van der Waals surface area contributed by atoms with Crippen molar-refractivity contribution in [3.63, 3.8) is 0 Å². The van der Waals surface area contributed by atoms with Crippen molar-refractivity contribution in [1.29, 1.82) is 0 Å². The predicted octanol–water partition coefficient (Wildman–Crippen LogP) is 1.74. The van der Waals surface area contributed by atoms with E-state index in [1.54, 1.807) is 0 Å². The van der Waals surface area contributed by atoms with E-state index < -0.39 is 12.0 Å². The van der Waals surface area contributed by atoms with E-state index in [2.05, 4.69) is 4.98 Å². The summed E-state index contributed by atoms with van der Waals surface area (Å²) in [6.45, 7) is 0.639. The Hall–Kier alpha value is -2.25. The van der Waals surface area contributed by atoms with Gasteiger partial charge in [-0.05, 0) is 0 Å². The lowest BCUT2D eigenvalue weighted by Crippen LogP contribution is -2.52. The van der Waals surface area contributed by atoms with Gasteiger partial charge in [0.15, 0.2) is 6.04 Å². The Bertz CT molecular complexity index is 686. The van der Waals surface area contributed by atoms with Crippen LogP contribution in [0.2, 0.25) is 0 Å². The number of aliphatic carboxylic acids is 1. The van der Waals surface area contributed by atoms with Crippen molar-refractivity contribution in [3.8, 4) is 10.6 Å². The summed E-state index contributed by atoms with van der Waals surface area (Å²) in [6.07, 6.45) is 1.50. The molecule has 0 bridgehead atoms. The second-order valence-corrected chi connectivity index (χ2v) is 5.85. The van der Waals surface area contributed by atoms with Gasteiger partial charge in [-0.2, -0.15) is 0 Å². The van der Waals surface area contributed by atoms with Crippen LogP contribution in [0.4, 0.5) is 0 Å². The van der Waals surface area contributed by atoms with Crippen LogP contribution in [-0.4, -0.2) is 52.7 Å². The number of thiazole rings is 1. The molecule has 1 aliphatic rings. The number of hydrogen-bond acceptors (Lipinski definition) is 5. The summed E-state index contributed by atoms with van der Waals surface area (Å²) >= 11 is 1.27. The topological polar surface area (TPSA) is 79.7 Å². The van der Waals surface area contributed by atoms with Crippen molar-refractivity contribution in [2.24, 2.45) is 0 Å². The van der Waals surface area contributed by atoms with Crippen LogP contribution in [0.3, 0.4) is 0 Å². The van der Waals surface area contributed by atoms with Crippen molar-refractivity contribution in [2.75, 3.05) is 19.8 Å². The molecule has 1 aliphatic heterocycles. The molecule has 2 aromatic rings. The zero-order chi connectivity index (χ0) is 15.5. The number of benzene rings is 1. The first-order valence-electron chi connectivity index (χ1n) is 6.79. The van der Waals surface area contributed by atoms with Crippen LogP contribution in [-0.2, 0) is 9.53 Å². The summed E-state index contributed by atoms with van der Waals surface area (Å²) < 4.78 is 5.15. The first kappa shape index (κ1) is 14.7. The fourth-order valence-corrected chi connectivity index (χ4v) is 3.16. The van der Waals surface area contributed by atoms with E-state index in [4.69, 9.17) is 4.74 Å². The van der Waals surface area contributed by atoms with Crippen molar-refractivity contribution in [2.45, 2.75) is 6.04 Å². The molecule has 1 saturated heterocycles. The van der Waals surface area contributed by atoms with Crippen molar-refractivity contribution >= 4 is 23.2 Å². The van der Waals surface area contributed by atoms with Crippen LogP contribution in [0.1, 0.15) is 9.67 Å². The Morgan fingerprint density at radius 3 is 2.82 bits per heavy atom. The second kappa shape index (κ2) is 6.25. The first-order valence-corrected chi connectivity index (χ1v) is 7.61. The van der Waals surface area contributed by atoms with Gasteiger partial charge in [-0.15, -0.1) is 11.3 Å². The third-order valence-electron chi connectivity index (χ3n) is 3.41. The third kappa shape index (κ3) is 2.86. The Balaban J connectivity index is 1.83. The third-order valence-corrected chi connectivity index (χ3v) is 4.45. The highest BCUT2D eigenvalue weighted by atomic mass is 32.1. The molecule has 1 fully saturated rings. The summed E-state index contributed by atoms with van der Waals surface area (Å²) in [7, 11) is 0. The van der Waals surface area contributed by atoms with Crippen molar-refractivity contribution in [1.82, 2.24) is 9.88 Å². The first-order chi connectivity index (χ1) is 10.7. The van der Waals surface area contributed by atoms with E-state index in [1.807, 2.05) is 30.3 Å². The number of carboxylic acid groups (broad SMARTS) is 1. The molecule has 1 aromatic heterocycles. The van der Waals surface area contributed by atoms with Gasteiger partial charge in [0.1, 0.15) is 9.88 Å². The standard InChI is InChI=1S/C15H14N2O4S/c18-14(17-6-7-21-9-11(17)15(19)20)12-8-16-13(22-12)10-4-2-1-3-5-10/h1-5,8,11H,6-7,9H2,(H,19,20)/t11-/m0/s1. The molecule has 0 spiro atoms. The molecule has 0 unspecified atom stereocenters. The minimum atomic E-state index is -1.05. The molecule has 3 rings (SSSR count). The highest BCUT2D eigenvalue weighted by molar-refractivity contribution is 7.16. The molecule has 22 heavy (non-hydrogen) atoms. The molecule has 0 saturated carbocycles. The van der Waals surface area contributed by atoms with Crippen LogP contribution in [0, 0.1) is 0 Å². The summed E-state index contributed by atoms with van der Waals surface area (Å²) in [6, 6.07) is 8.61. The van der Waals surface area contributed by atoms with Gasteiger partial charge < -0.3 is 14.7 Å². The zero-order valence-corrected chi connectivity index (χ0v) is 12.5. The number of hydrogen-bond donors (Lipinski definition) is 1.